The Morgan fingerprint density at radius 1 is 0.525 bits per heavy atom. The Morgan fingerprint density at radius 3 is 1.41 bits per heavy atom. The molecule has 10 rings (SSSR count). The van der Waals surface area contributed by atoms with Gasteiger partial charge in [-0.3, -0.25) is 4.79 Å². The molecule has 0 bridgehead atoms. The predicted molar refractivity (Wildman–Crippen MR) is 263 cm³/mol. The third kappa shape index (κ3) is 13.9. The first-order valence-corrected chi connectivity index (χ1v) is 25.4. The van der Waals surface area contributed by atoms with Gasteiger partial charge in [-0.25, -0.2) is 41.9 Å². The number of fused-ring (bicyclic) bond motifs is 3. The Balaban J connectivity index is 0.000000169. The summed E-state index contributed by atoms with van der Waals surface area (Å²) in [6.45, 7) is 18.2. The molecule has 444 valence electrons. The molecule has 8 heterocycles. The van der Waals surface area contributed by atoms with Gasteiger partial charge >= 0.3 is 41.8 Å². The van der Waals surface area contributed by atoms with Crippen LogP contribution in [0.2, 0.25) is 0 Å². The fraction of sp³-hybridized carbons (Fsp3) is 0.648. The van der Waals surface area contributed by atoms with Crippen molar-refractivity contribution in [3.8, 4) is 0 Å². The van der Waals surface area contributed by atoms with Gasteiger partial charge in [-0.1, -0.05) is 36.4 Å². The van der Waals surface area contributed by atoms with Crippen molar-refractivity contribution in [2.45, 2.75) is 184 Å². The Hall–Kier alpha value is -5.84. The SMILES string of the molecule is CC1(C)OC2[C@@H](COC(=O)C2(C)C)O1.CC1(C)OC2[C@@H](COC(=O)[C@@]2(C)O)O1.CC1(C)OC2[C@@H](COC(=O)[C@]2(C)F)O1.C[C@]1(F)C(=O)O[C@H](CO)[C@H]1O.C[C@]1(F)C(=O)O[C@H](COC(=O)c2ccccc2)[C@H]1OC(=O)c1ccccc1. The minimum absolute atomic E-state index is 0.0619. The van der Waals surface area contributed by atoms with Gasteiger partial charge in [0, 0.05) is 0 Å². The van der Waals surface area contributed by atoms with Crippen molar-refractivity contribution in [3.05, 3.63) is 71.8 Å². The van der Waals surface area contributed by atoms with Crippen molar-refractivity contribution >= 4 is 41.8 Å². The maximum atomic E-state index is 14.8. The van der Waals surface area contributed by atoms with Crippen LogP contribution in [0.4, 0.5) is 13.2 Å². The van der Waals surface area contributed by atoms with E-state index in [1.807, 2.05) is 27.7 Å². The average Bonchev–Trinajstić information content (AvgIpc) is 4.17. The lowest BCUT2D eigenvalue weighted by Crippen LogP contribution is -2.57. The molecule has 2 aromatic rings. The summed E-state index contributed by atoms with van der Waals surface area (Å²) >= 11 is 0. The molecule has 8 aliphatic heterocycles. The zero-order valence-electron chi connectivity index (χ0n) is 46.2. The highest BCUT2D eigenvalue weighted by Crippen LogP contribution is 2.43. The number of halogens is 3. The number of rotatable bonds is 6. The summed E-state index contributed by atoms with van der Waals surface area (Å²) in [6, 6.07) is 16.1. The summed E-state index contributed by atoms with van der Waals surface area (Å²) in [6.07, 6.45) is -8.18. The molecule has 8 aliphatic rings. The largest absolute Gasteiger partial charge is 0.462 e. The summed E-state index contributed by atoms with van der Waals surface area (Å²) in [5.41, 5.74) is -8.78. The molecule has 3 N–H and O–H groups in total. The van der Waals surface area contributed by atoms with Crippen LogP contribution in [0.15, 0.2) is 60.7 Å². The number of hydrogen-bond acceptors (Lipinski definition) is 23. The summed E-state index contributed by atoms with van der Waals surface area (Å²) in [5.74, 6) is -7.72. The normalized spacial score (nSPS) is 37.1. The monoisotopic (exact) mass is 1140 g/mol. The van der Waals surface area contributed by atoms with Gasteiger partial charge in [0.1, 0.15) is 69.2 Å². The molecule has 26 heteroatoms. The molecule has 23 nitrogen and oxygen atoms in total. The van der Waals surface area contributed by atoms with E-state index >= 15 is 0 Å². The maximum absolute atomic E-state index is 14.8. The second kappa shape index (κ2) is 23.6. The lowest BCUT2D eigenvalue weighted by Gasteiger charge is -2.35. The molecule has 3 unspecified atom stereocenters. The van der Waals surface area contributed by atoms with E-state index in [0.717, 1.165) is 20.8 Å². The zero-order valence-corrected chi connectivity index (χ0v) is 46.2. The fourth-order valence-electron chi connectivity index (χ4n) is 9.30. The molecule has 0 aromatic heterocycles. The van der Waals surface area contributed by atoms with Gasteiger partial charge in [0.2, 0.25) is 17.0 Å². The van der Waals surface area contributed by atoms with Crippen molar-refractivity contribution in [1.82, 2.24) is 0 Å². The molecule has 8 fully saturated rings. The topological polar surface area (TPSA) is 300 Å². The van der Waals surface area contributed by atoms with Crippen molar-refractivity contribution in [2.75, 3.05) is 33.0 Å². The van der Waals surface area contributed by atoms with Crippen molar-refractivity contribution in [2.24, 2.45) is 5.41 Å². The van der Waals surface area contributed by atoms with E-state index in [4.69, 9.17) is 62.3 Å². The van der Waals surface area contributed by atoms with Gasteiger partial charge in [-0.2, -0.15) is 0 Å². The second-order valence-electron chi connectivity index (χ2n) is 22.3. The summed E-state index contributed by atoms with van der Waals surface area (Å²) < 4.78 is 109. The Kier molecular flexibility index (Phi) is 18.7. The number of hydrogen-bond donors (Lipinski definition) is 3. The van der Waals surface area contributed by atoms with Crippen LogP contribution < -0.4 is 0 Å². The lowest BCUT2D eigenvalue weighted by molar-refractivity contribution is -0.196. The standard InChI is InChI=1S/C20H17FO6.C10H16O4.C9H13FO4.C9H14O5.C6H9FO4/c1-20(21)16(27-18(23)14-10-6-3-7-11-14)15(26-19(20)24)12-25-17(22)13-8-4-2-5-9-13;1-9(2)7-6(5-12-8(9)11)13-10(3,4)14-7;1-8(2)13-5-4-12-7(11)9(3,10)6(5)14-8;1-8(2)13-5-4-12-7(10)9(3,11)6(5)14-8;1-6(7)4(9)3(2-8)11-5(6)10/h2-11,15-16H,12H2,1H3;6-7H,5H2,1-4H3;5-6H,4H2,1-3H3;5-6,11H,4H2,1-3H3;3-4,8-9H,2H2,1H3/t15-,16-,20-;6-,7?;5-,6?,9-;5-,6?,9+;3-,4-,6-/m11111/s1. The number of benzene rings is 2. The highest BCUT2D eigenvalue weighted by molar-refractivity contribution is 5.91. The van der Waals surface area contributed by atoms with Crippen LogP contribution in [0, 0.1) is 5.41 Å². The number of esters is 7. The van der Waals surface area contributed by atoms with Crippen molar-refractivity contribution in [3.63, 3.8) is 0 Å². The van der Waals surface area contributed by atoms with E-state index < -0.39 is 137 Å². The first kappa shape index (κ1) is 63.3. The molecular weight excluding hydrogens is 1070 g/mol. The Bertz CT molecular complexity index is 2450. The van der Waals surface area contributed by atoms with Crippen molar-refractivity contribution in [1.29, 1.82) is 0 Å². The fourth-order valence-corrected chi connectivity index (χ4v) is 9.30. The number of alkyl halides is 3. The molecule has 80 heavy (non-hydrogen) atoms. The van der Waals surface area contributed by atoms with Gasteiger partial charge < -0.3 is 76.9 Å². The lowest BCUT2D eigenvalue weighted by atomic mass is 9.82. The summed E-state index contributed by atoms with van der Waals surface area (Å²) in [5, 5.41) is 27.4. The molecule has 8 saturated heterocycles. The number of carbonyl (C=O) groups excluding carboxylic acids is 7. The average molecular weight is 1140 g/mol. The van der Waals surface area contributed by atoms with E-state index in [1.165, 1.54) is 19.1 Å². The quantitative estimate of drug-likeness (QED) is 0.276. The minimum Gasteiger partial charge on any atom is -0.462 e. The molecule has 0 spiro atoms. The number of cyclic esters (lactones) is 5. The van der Waals surface area contributed by atoms with Gasteiger partial charge in [0.25, 0.3) is 0 Å². The van der Waals surface area contributed by atoms with E-state index in [9.17, 15) is 51.8 Å². The third-order valence-electron chi connectivity index (χ3n) is 13.7. The number of aliphatic hydroxyl groups is 3. The third-order valence-corrected chi connectivity index (χ3v) is 13.7. The number of aliphatic hydroxyl groups excluding tert-OH is 2. The Labute approximate surface area is 458 Å². The van der Waals surface area contributed by atoms with E-state index in [0.29, 0.717) is 12.2 Å². The van der Waals surface area contributed by atoms with Gasteiger partial charge in [0.15, 0.2) is 41.3 Å². The van der Waals surface area contributed by atoms with Crippen LogP contribution in [-0.2, 0) is 85.6 Å². The number of carbonyl (C=O) groups is 7. The molecule has 0 saturated carbocycles. The van der Waals surface area contributed by atoms with E-state index in [1.54, 1.807) is 76.2 Å². The van der Waals surface area contributed by atoms with E-state index in [2.05, 4.69) is 9.47 Å². The second-order valence-corrected chi connectivity index (χ2v) is 22.3. The summed E-state index contributed by atoms with van der Waals surface area (Å²) in [4.78, 5) is 80.6. The number of ether oxygens (including phenoxy) is 13. The van der Waals surface area contributed by atoms with Crippen LogP contribution in [-0.4, -0.2) is 191 Å². The first-order valence-electron chi connectivity index (χ1n) is 25.4. The maximum Gasteiger partial charge on any atom is 0.348 e. The molecule has 0 radical (unpaired) electrons. The Morgan fingerprint density at radius 2 is 0.938 bits per heavy atom. The molecule has 0 aliphatic carbocycles. The first-order chi connectivity index (χ1) is 36.9. The van der Waals surface area contributed by atoms with Crippen LogP contribution >= 0.6 is 0 Å². The van der Waals surface area contributed by atoms with Gasteiger partial charge in [-0.15, -0.1) is 0 Å². The van der Waals surface area contributed by atoms with Crippen molar-refractivity contribution < 1.29 is 124 Å². The van der Waals surface area contributed by atoms with E-state index in [-0.39, 0.29) is 43.1 Å². The minimum atomic E-state index is -2.55. The molecule has 0 amide bonds. The zero-order chi connectivity index (χ0) is 59.8. The van der Waals surface area contributed by atoms with Crippen LogP contribution in [0.3, 0.4) is 0 Å². The van der Waals surface area contributed by atoms with Crippen LogP contribution in [0.25, 0.3) is 0 Å². The molecule has 2 aromatic carbocycles. The van der Waals surface area contributed by atoms with Gasteiger partial charge in [0.05, 0.1) is 23.1 Å². The molecular formula is C54H69F3O23. The summed E-state index contributed by atoms with van der Waals surface area (Å²) in [7, 11) is 0. The van der Waals surface area contributed by atoms with Gasteiger partial charge in [-0.05, 0) is 107 Å². The highest BCUT2D eigenvalue weighted by Gasteiger charge is 2.62. The highest BCUT2D eigenvalue weighted by atomic mass is 19.2. The molecule has 14 atom stereocenters. The predicted octanol–water partition coefficient (Wildman–Crippen LogP) is 3.41. The smallest absolute Gasteiger partial charge is 0.348 e. The van der Waals surface area contributed by atoms with Crippen LogP contribution in [0.5, 0.6) is 0 Å². The van der Waals surface area contributed by atoms with Crippen LogP contribution in [0.1, 0.15) is 104 Å².